The smallest absolute Gasteiger partial charge is 0.0992 e. The minimum Gasteiger partial charge on any atom is -0.389 e. The summed E-state index contributed by atoms with van der Waals surface area (Å²) in [6, 6.07) is 7.53. The highest BCUT2D eigenvalue weighted by molar-refractivity contribution is 5.58. The van der Waals surface area contributed by atoms with E-state index >= 15 is 0 Å². The van der Waals surface area contributed by atoms with Crippen LogP contribution in [0, 0.1) is 11.3 Å². The van der Waals surface area contributed by atoms with Crippen molar-refractivity contribution in [3.63, 3.8) is 0 Å². The Morgan fingerprint density at radius 3 is 2.44 bits per heavy atom. The summed E-state index contributed by atoms with van der Waals surface area (Å²) in [5.41, 5.74) is 2.40. The second kappa shape index (κ2) is 6.39. The van der Waals surface area contributed by atoms with Gasteiger partial charge in [0.1, 0.15) is 0 Å². The zero-order valence-electron chi connectivity index (χ0n) is 11.5. The minimum absolute atomic E-state index is 0.533. The van der Waals surface area contributed by atoms with Gasteiger partial charge in [-0.25, -0.2) is 0 Å². The fourth-order valence-electron chi connectivity index (χ4n) is 1.77. The molecule has 1 atom stereocenters. The highest BCUT2D eigenvalue weighted by atomic mass is 16.3. The highest BCUT2D eigenvalue weighted by Crippen LogP contribution is 2.26. The van der Waals surface area contributed by atoms with E-state index in [2.05, 4.69) is 15.9 Å². The van der Waals surface area contributed by atoms with E-state index in [1.54, 1.807) is 13.0 Å². The normalized spacial score (nSPS) is 12.3. The van der Waals surface area contributed by atoms with E-state index < -0.39 is 6.10 Å². The molecule has 0 aliphatic rings. The molecule has 1 rings (SSSR count). The molecule has 0 spiro atoms. The standard InChI is InChI=1S/C14H21N3O/c1-11(18)13-6-5-12(10-15)9-14(13)17(4)8-7-16(2)3/h5-6,9,11,18H,7-8H2,1-4H3/t11-/m1/s1. The van der Waals surface area contributed by atoms with Crippen molar-refractivity contribution < 1.29 is 5.11 Å². The van der Waals surface area contributed by atoms with Gasteiger partial charge < -0.3 is 14.9 Å². The lowest BCUT2D eigenvalue weighted by molar-refractivity contribution is 0.199. The van der Waals surface area contributed by atoms with Gasteiger partial charge in [-0.1, -0.05) is 6.07 Å². The quantitative estimate of drug-likeness (QED) is 0.859. The molecule has 0 radical (unpaired) electrons. The summed E-state index contributed by atoms with van der Waals surface area (Å²) in [4.78, 5) is 4.18. The maximum atomic E-state index is 9.77. The van der Waals surface area contributed by atoms with Gasteiger partial charge in [0.05, 0.1) is 17.7 Å². The molecule has 18 heavy (non-hydrogen) atoms. The monoisotopic (exact) mass is 247 g/mol. The van der Waals surface area contributed by atoms with Crippen molar-refractivity contribution in [3.05, 3.63) is 29.3 Å². The van der Waals surface area contributed by atoms with Crippen molar-refractivity contribution in [2.24, 2.45) is 0 Å². The van der Waals surface area contributed by atoms with Gasteiger partial charge in [0.25, 0.3) is 0 Å². The predicted molar refractivity (Wildman–Crippen MR) is 73.6 cm³/mol. The molecule has 0 aliphatic heterocycles. The summed E-state index contributed by atoms with van der Waals surface area (Å²) >= 11 is 0. The van der Waals surface area contributed by atoms with Gasteiger partial charge in [-0.2, -0.15) is 5.26 Å². The Hall–Kier alpha value is -1.57. The molecule has 0 fully saturated rings. The van der Waals surface area contributed by atoms with E-state index in [0.29, 0.717) is 5.56 Å². The molecule has 1 aromatic carbocycles. The molecule has 0 bridgehead atoms. The Bertz CT molecular complexity index is 435. The van der Waals surface area contributed by atoms with E-state index in [1.165, 1.54) is 0 Å². The first-order valence-electron chi connectivity index (χ1n) is 6.03. The van der Waals surface area contributed by atoms with E-state index in [4.69, 9.17) is 5.26 Å². The van der Waals surface area contributed by atoms with Crippen molar-refractivity contribution in [1.82, 2.24) is 4.90 Å². The van der Waals surface area contributed by atoms with E-state index in [9.17, 15) is 5.11 Å². The third-order valence-electron chi connectivity index (χ3n) is 2.90. The fourth-order valence-corrected chi connectivity index (χ4v) is 1.77. The first kappa shape index (κ1) is 14.5. The molecular weight excluding hydrogens is 226 g/mol. The number of aliphatic hydroxyl groups is 1. The van der Waals surface area contributed by atoms with Crippen LogP contribution in [0.15, 0.2) is 18.2 Å². The van der Waals surface area contributed by atoms with E-state index in [0.717, 1.165) is 24.3 Å². The number of nitrogens with zero attached hydrogens (tertiary/aromatic N) is 3. The van der Waals surface area contributed by atoms with Gasteiger partial charge in [0, 0.05) is 31.4 Å². The molecule has 0 aromatic heterocycles. The maximum Gasteiger partial charge on any atom is 0.0992 e. The third-order valence-corrected chi connectivity index (χ3v) is 2.90. The van der Waals surface area contributed by atoms with Gasteiger partial charge in [-0.3, -0.25) is 0 Å². The number of hydrogen-bond donors (Lipinski definition) is 1. The van der Waals surface area contributed by atoms with E-state index in [1.807, 2.05) is 33.3 Å². The van der Waals surface area contributed by atoms with Crippen LogP contribution in [0.5, 0.6) is 0 Å². The molecule has 1 aromatic rings. The van der Waals surface area contributed by atoms with Crippen molar-refractivity contribution in [3.8, 4) is 6.07 Å². The molecule has 4 heteroatoms. The molecule has 0 unspecified atom stereocenters. The van der Waals surface area contributed by atoms with Crippen LogP contribution in [-0.2, 0) is 0 Å². The Morgan fingerprint density at radius 1 is 1.28 bits per heavy atom. The lowest BCUT2D eigenvalue weighted by atomic mass is 10.0. The van der Waals surface area contributed by atoms with Gasteiger partial charge in [-0.05, 0) is 33.2 Å². The lowest BCUT2D eigenvalue weighted by Gasteiger charge is -2.25. The number of likely N-dealkylation sites (N-methyl/N-ethyl adjacent to an activating group) is 2. The minimum atomic E-state index is -0.533. The molecule has 1 N–H and O–H groups in total. The topological polar surface area (TPSA) is 50.5 Å². The number of rotatable bonds is 5. The average molecular weight is 247 g/mol. The number of aliphatic hydroxyl groups excluding tert-OH is 1. The third kappa shape index (κ3) is 3.73. The van der Waals surface area contributed by atoms with E-state index in [-0.39, 0.29) is 0 Å². The van der Waals surface area contributed by atoms with Crippen molar-refractivity contribution >= 4 is 5.69 Å². The van der Waals surface area contributed by atoms with Gasteiger partial charge in [0.2, 0.25) is 0 Å². The second-order valence-corrected chi connectivity index (χ2v) is 4.79. The molecule has 0 aliphatic carbocycles. The van der Waals surface area contributed by atoms with Gasteiger partial charge in [-0.15, -0.1) is 0 Å². The van der Waals surface area contributed by atoms with Gasteiger partial charge in [0.15, 0.2) is 0 Å². The Labute approximate surface area is 109 Å². The van der Waals surface area contributed by atoms with Crippen LogP contribution in [0.3, 0.4) is 0 Å². The summed E-state index contributed by atoms with van der Waals surface area (Å²) in [6.07, 6.45) is -0.533. The van der Waals surface area contributed by atoms with Gasteiger partial charge >= 0.3 is 0 Å². The number of benzene rings is 1. The van der Waals surface area contributed by atoms with Crippen molar-refractivity contribution in [1.29, 1.82) is 5.26 Å². The predicted octanol–water partition coefficient (Wildman–Crippen LogP) is 1.61. The maximum absolute atomic E-state index is 9.77. The number of anilines is 1. The summed E-state index contributed by atoms with van der Waals surface area (Å²) in [5.74, 6) is 0. The molecule has 98 valence electrons. The average Bonchev–Trinajstić information content (AvgIpc) is 2.34. The first-order chi connectivity index (χ1) is 8.45. The van der Waals surface area contributed by atoms with Crippen LogP contribution < -0.4 is 4.90 Å². The Balaban J connectivity index is 3.00. The van der Waals surface area contributed by atoms with Crippen LogP contribution in [0.2, 0.25) is 0 Å². The Kier molecular flexibility index (Phi) is 5.14. The molecule has 0 amide bonds. The number of nitriles is 1. The molecule has 0 heterocycles. The van der Waals surface area contributed by atoms with Crippen LogP contribution in [0.1, 0.15) is 24.2 Å². The largest absolute Gasteiger partial charge is 0.389 e. The van der Waals surface area contributed by atoms with Crippen LogP contribution in [0.25, 0.3) is 0 Å². The summed E-state index contributed by atoms with van der Waals surface area (Å²) in [7, 11) is 6.02. The molecule has 4 nitrogen and oxygen atoms in total. The number of hydrogen-bond acceptors (Lipinski definition) is 4. The summed E-state index contributed by atoms with van der Waals surface area (Å²) < 4.78 is 0. The zero-order chi connectivity index (χ0) is 13.7. The van der Waals surface area contributed by atoms with Crippen molar-refractivity contribution in [2.45, 2.75) is 13.0 Å². The molecule has 0 saturated carbocycles. The lowest BCUT2D eigenvalue weighted by Crippen LogP contribution is -2.29. The molecular formula is C14H21N3O. The highest BCUT2D eigenvalue weighted by Gasteiger charge is 2.12. The second-order valence-electron chi connectivity index (χ2n) is 4.79. The zero-order valence-corrected chi connectivity index (χ0v) is 11.5. The van der Waals surface area contributed by atoms with Crippen LogP contribution >= 0.6 is 0 Å². The first-order valence-corrected chi connectivity index (χ1v) is 6.03. The fraction of sp³-hybridized carbons (Fsp3) is 0.500. The van der Waals surface area contributed by atoms with Crippen molar-refractivity contribution in [2.75, 3.05) is 39.1 Å². The van der Waals surface area contributed by atoms with Crippen LogP contribution in [0.4, 0.5) is 5.69 Å². The SMILES string of the molecule is C[C@@H](O)c1ccc(C#N)cc1N(C)CCN(C)C. The Morgan fingerprint density at radius 2 is 1.94 bits per heavy atom. The summed E-state index contributed by atoms with van der Waals surface area (Å²) in [6.45, 7) is 3.51. The van der Waals surface area contributed by atoms with Crippen LogP contribution in [-0.4, -0.2) is 44.2 Å². The summed E-state index contributed by atoms with van der Waals surface area (Å²) in [5, 5.41) is 18.7. The molecule has 0 saturated heterocycles.